The van der Waals surface area contributed by atoms with E-state index in [0.29, 0.717) is 12.8 Å². The second kappa shape index (κ2) is 7.71. The van der Waals surface area contributed by atoms with Gasteiger partial charge in [0, 0.05) is 12.5 Å². The van der Waals surface area contributed by atoms with E-state index < -0.39 is 10.0 Å². The molecule has 0 unspecified atom stereocenters. The Hall–Kier alpha value is -1.44. The van der Waals surface area contributed by atoms with Gasteiger partial charge in [-0.3, -0.25) is 9.63 Å². The third kappa shape index (κ3) is 4.79. The van der Waals surface area contributed by atoms with Crippen molar-refractivity contribution in [3.63, 3.8) is 0 Å². The number of amides is 1. The Balaban J connectivity index is 1.94. The number of hydrogen-bond acceptors (Lipinski definition) is 4. The van der Waals surface area contributed by atoms with Gasteiger partial charge < -0.3 is 0 Å². The lowest BCUT2D eigenvalue weighted by atomic mass is 10.1. The van der Waals surface area contributed by atoms with Crippen molar-refractivity contribution in [2.24, 2.45) is 0 Å². The van der Waals surface area contributed by atoms with Crippen LogP contribution < -0.4 is 10.2 Å². The highest BCUT2D eigenvalue weighted by atomic mass is 32.2. The Morgan fingerprint density at radius 3 is 2.45 bits per heavy atom. The number of rotatable bonds is 7. The summed E-state index contributed by atoms with van der Waals surface area (Å²) < 4.78 is 27.3. The number of aryl methyl sites for hydroxylation is 1. The molecule has 22 heavy (non-hydrogen) atoms. The number of nitrogens with one attached hydrogen (secondary N) is 2. The summed E-state index contributed by atoms with van der Waals surface area (Å²) in [4.78, 5) is 16.1. The number of carbonyl (C=O) groups excluding carboxylic acids is 1. The van der Waals surface area contributed by atoms with Crippen LogP contribution in [0.2, 0.25) is 0 Å². The normalized spacial score (nSPS) is 15.9. The minimum absolute atomic E-state index is 0.0578. The maximum atomic E-state index is 12.3. The van der Waals surface area contributed by atoms with Crippen LogP contribution in [0.25, 0.3) is 0 Å². The first-order chi connectivity index (χ1) is 10.5. The van der Waals surface area contributed by atoms with Crippen LogP contribution in [0.4, 0.5) is 0 Å². The molecule has 1 aliphatic rings. The van der Waals surface area contributed by atoms with E-state index in [0.717, 1.165) is 31.2 Å². The van der Waals surface area contributed by atoms with Crippen molar-refractivity contribution in [3.05, 3.63) is 29.8 Å². The minimum Gasteiger partial charge on any atom is -0.277 e. The molecule has 1 aromatic rings. The van der Waals surface area contributed by atoms with Gasteiger partial charge in [0.05, 0.1) is 12.0 Å². The minimum atomic E-state index is -3.45. The van der Waals surface area contributed by atoms with Gasteiger partial charge in [-0.05, 0) is 37.0 Å². The van der Waals surface area contributed by atoms with Crippen LogP contribution >= 0.6 is 0 Å². The highest BCUT2D eigenvalue weighted by Gasteiger charge is 2.22. The molecule has 1 aliphatic carbocycles. The number of benzene rings is 1. The molecular weight excluding hydrogens is 304 g/mol. The third-order valence-electron chi connectivity index (χ3n) is 3.77. The fourth-order valence-electron chi connectivity index (χ4n) is 2.59. The molecule has 1 amide bonds. The molecule has 0 bridgehead atoms. The first kappa shape index (κ1) is 16.9. The molecule has 6 nitrogen and oxygen atoms in total. The molecule has 2 rings (SSSR count). The van der Waals surface area contributed by atoms with Crippen LogP contribution in [0.15, 0.2) is 29.2 Å². The molecule has 0 aliphatic heterocycles. The van der Waals surface area contributed by atoms with Crippen molar-refractivity contribution in [1.29, 1.82) is 0 Å². The topological polar surface area (TPSA) is 84.5 Å². The number of hydroxylamine groups is 1. The van der Waals surface area contributed by atoms with Crippen molar-refractivity contribution >= 4 is 15.9 Å². The smallest absolute Gasteiger partial charge is 0.243 e. The van der Waals surface area contributed by atoms with Gasteiger partial charge in [0.1, 0.15) is 0 Å². The van der Waals surface area contributed by atoms with Crippen LogP contribution in [0.1, 0.15) is 37.7 Å². The van der Waals surface area contributed by atoms with E-state index in [2.05, 4.69) is 15.0 Å². The van der Waals surface area contributed by atoms with Crippen LogP contribution in [-0.2, 0) is 26.1 Å². The van der Waals surface area contributed by atoms with Gasteiger partial charge in [0.25, 0.3) is 0 Å². The molecular formula is C15H22N2O4S. The van der Waals surface area contributed by atoms with Crippen molar-refractivity contribution in [2.45, 2.75) is 49.5 Å². The second-order valence-electron chi connectivity index (χ2n) is 5.48. The first-order valence-corrected chi connectivity index (χ1v) is 8.92. The lowest BCUT2D eigenvalue weighted by Crippen LogP contribution is -2.32. The third-order valence-corrected chi connectivity index (χ3v) is 5.30. The largest absolute Gasteiger partial charge is 0.277 e. The molecule has 0 saturated heterocycles. The van der Waals surface area contributed by atoms with E-state index in [1.165, 1.54) is 7.11 Å². The van der Waals surface area contributed by atoms with Gasteiger partial charge in [-0.1, -0.05) is 25.0 Å². The predicted octanol–water partition coefficient (Wildman–Crippen LogP) is 1.52. The van der Waals surface area contributed by atoms with Crippen LogP contribution in [-0.4, -0.2) is 27.5 Å². The Labute approximate surface area is 131 Å². The van der Waals surface area contributed by atoms with Crippen molar-refractivity contribution < 1.29 is 18.0 Å². The maximum Gasteiger partial charge on any atom is 0.243 e. The van der Waals surface area contributed by atoms with E-state index in [-0.39, 0.29) is 16.8 Å². The molecule has 0 aromatic heterocycles. The average Bonchev–Trinajstić information content (AvgIpc) is 2.98. The average molecular weight is 326 g/mol. The zero-order valence-electron chi connectivity index (χ0n) is 12.7. The summed E-state index contributed by atoms with van der Waals surface area (Å²) in [6.45, 7) is 0. The maximum absolute atomic E-state index is 12.3. The van der Waals surface area contributed by atoms with Gasteiger partial charge in [-0.25, -0.2) is 18.6 Å². The Kier molecular flexibility index (Phi) is 5.93. The van der Waals surface area contributed by atoms with Crippen LogP contribution in [0, 0.1) is 0 Å². The molecule has 122 valence electrons. The Morgan fingerprint density at radius 1 is 1.23 bits per heavy atom. The van der Waals surface area contributed by atoms with E-state index in [1.54, 1.807) is 24.3 Å². The molecule has 0 radical (unpaired) electrons. The fourth-order valence-corrected chi connectivity index (χ4v) is 3.89. The predicted molar refractivity (Wildman–Crippen MR) is 82.5 cm³/mol. The van der Waals surface area contributed by atoms with E-state index >= 15 is 0 Å². The summed E-state index contributed by atoms with van der Waals surface area (Å²) in [5.74, 6) is -0.206. The second-order valence-corrected chi connectivity index (χ2v) is 7.19. The van der Waals surface area contributed by atoms with Gasteiger partial charge >= 0.3 is 0 Å². The van der Waals surface area contributed by atoms with Gasteiger partial charge in [-0.15, -0.1) is 0 Å². The quantitative estimate of drug-likeness (QED) is 0.744. The van der Waals surface area contributed by atoms with E-state index in [1.807, 2.05) is 0 Å². The standard InChI is InChI=1S/C15H22N2O4S/c1-21-16-15(18)11-8-12-6-9-14(10-7-12)22(19,20)17-13-4-2-3-5-13/h6-7,9-10,13,17H,2-5,8,11H2,1H3,(H,16,18). The summed E-state index contributed by atoms with van der Waals surface area (Å²) in [5, 5.41) is 0. The van der Waals surface area contributed by atoms with E-state index in [9.17, 15) is 13.2 Å². The lowest BCUT2D eigenvalue weighted by molar-refractivity contribution is -0.131. The molecule has 1 fully saturated rings. The number of sulfonamides is 1. The van der Waals surface area contributed by atoms with Gasteiger partial charge in [-0.2, -0.15) is 0 Å². The molecule has 0 heterocycles. The zero-order valence-corrected chi connectivity index (χ0v) is 13.5. The highest BCUT2D eigenvalue weighted by Crippen LogP contribution is 2.20. The number of carbonyl (C=O) groups is 1. The number of hydrogen-bond donors (Lipinski definition) is 2. The molecule has 2 N–H and O–H groups in total. The highest BCUT2D eigenvalue weighted by molar-refractivity contribution is 7.89. The van der Waals surface area contributed by atoms with Crippen LogP contribution in [0.3, 0.4) is 0 Å². The molecule has 1 saturated carbocycles. The van der Waals surface area contributed by atoms with Crippen molar-refractivity contribution in [3.8, 4) is 0 Å². The summed E-state index contributed by atoms with van der Waals surface area (Å²) in [5.41, 5.74) is 3.16. The van der Waals surface area contributed by atoms with Crippen molar-refractivity contribution in [1.82, 2.24) is 10.2 Å². The SMILES string of the molecule is CONC(=O)CCc1ccc(S(=O)(=O)NC2CCCC2)cc1. The fraction of sp³-hybridized carbons (Fsp3) is 0.533. The summed E-state index contributed by atoms with van der Waals surface area (Å²) in [7, 11) is -2.07. The monoisotopic (exact) mass is 326 g/mol. The van der Waals surface area contributed by atoms with E-state index in [4.69, 9.17) is 0 Å². The molecule has 0 spiro atoms. The van der Waals surface area contributed by atoms with Gasteiger partial charge in [0.15, 0.2) is 0 Å². The summed E-state index contributed by atoms with van der Waals surface area (Å²) in [6, 6.07) is 6.70. The summed E-state index contributed by atoms with van der Waals surface area (Å²) >= 11 is 0. The Bertz CT molecular complexity index is 592. The first-order valence-electron chi connectivity index (χ1n) is 7.44. The van der Waals surface area contributed by atoms with Crippen molar-refractivity contribution in [2.75, 3.05) is 7.11 Å². The molecule has 1 aromatic carbocycles. The molecule has 0 atom stereocenters. The zero-order chi connectivity index (χ0) is 16.0. The van der Waals surface area contributed by atoms with Crippen LogP contribution in [0.5, 0.6) is 0 Å². The summed E-state index contributed by atoms with van der Waals surface area (Å²) in [6.07, 6.45) is 4.80. The molecule has 7 heteroatoms. The Morgan fingerprint density at radius 2 is 1.86 bits per heavy atom. The lowest BCUT2D eigenvalue weighted by Gasteiger charge is -2.12. The van der Waals surface area contributed by atoms with Gasteiger partial charge in [0.2, 0.25) is 15.9 Å².